The third kappa shape index (κ3) is 6.09. The Morgan fingerprint density at radius 1 is 0.938 bits per heavy atom. The van der Waals surface area contributed by atoms with Gasteiger partial charge >= 0.3 is 5.97 Å². The molecule has 0 aromatic heterocycles. The van der Waals surface area contributed by atoms with Crippen LogP contribution in [0.3, 0.4) is 0 Å². The zero-order valence-corrected chi connectivity index (χ0v) is 17.7. The van der Waals surface area contributed by atoms with Crippen molar-refractivity contribution < 1.29 is 23.8 Å². The van der Waals surface area contributed by atoms with Crippen LogP contribution in [0, 0.1) is 0 Å². The summed E-state index contributed by atoms with van der Waals surface area (Å²) in [4.78, 5) is 24.2. The van der Waals surface area contributed by atoms with Crippen molar-refractivity contribution in [1.82, 2.24) is 0 Å². The minimum Gasteiger partial charge on any atom is -0.493 e. The van der Waals surface area contributed by atoms with E-state index in [0.29, 0.717) is 17.2 Å². The quantitative estimate of drug-likeness (QED) is 0.301. The average molecular weight is 433 g/mol. The number of benzene rings is 3. The summed E-state index contributed by atoms with van der Waals surface area (Å²) < 4.78 is 15.7. The van der Waals surface area contributed by atoms with Crippen molar-refractivity contribution in [2.24, 2.45) is 5.10 Å². The van der Waals surface area contributed by atoms with Crippen molar-refractivity contribution in [3.8, 4) is 11.5 Å². The molecule has 0 bridgehead atoms. The van der Waals surface area contributed by atoms with Crippen LogP contribution in [-0.2, 0) is 9.53 Å². The van der Waals surface area contributed by atoms with E-state index < -0.39 is 11.9 Å². The highest BCUT2D eigenvalue weighted by molar-refractivity contribution is 6.01. The standard InChI is InChI=1S/C24H23N3O5/c1-30-22-14-17(15-25-27-18-8-4-3-5-9-18)12-13-21(22)32-16-23(28)26-20-11-7-6-10-19(20)24(29)31-2/h3-15,27H,16H2,1-2H3,(H,26,28). The molecule has 0 spiro atoms. The number of hydrazone groups is 1. The summed E-state index contributed by atoms with van der Waals surface area (Å²) in [6, 6.07) is 21.4. The second kappa shape index (κ2) is 11.2. The highest BCUT2D eigenvalue weighted by atomic mass is 16.5. The van der Waals surface area contributed by atoms with Crippen LogP contribution in [0.2, 0.25) is 0 Å². The fourth-order valence-electron chi connectivity index (χ4n) is 2.79. The van der Waals surface area contributed by atoms with Gasteiger partial charge in [-0.15, -0.1) is 0 Å². The van der Waals surface area contributed by atoms with Crippen molar-refractivity contribution >= 4 is 29.5 Å². The normalized spacial score (nSPS) is 10.4. The molecule has 164 valence electrons. The molecule has 0 aliphatic rings. The number of esters is 1. The van der Waals surface area contributed by atoms with Crippen LogP contribution in [-0.4, -0.2) is 38.9 Å². The highest BCUT2D eigenvalue weighted by Gasteiger charge is 2.14. The number of hydrogen-bond donors (Lipinski definition) is 2. The molecule has 1 amide bonds. The van der Waals surface area contributed by atoms with Crippen molar-refractivity contribution in [3.63, 3.8) is 0 Å². The number of amides is 1. The van der Waals surface area contributed by atoms with Gasteiger partial charge in [0.15, 0.2) is 18.1 Å². The van der Waals surface area contributed by atoms with E-state index in [1.807, 2.05) is 30.3 Å². The Labute approximate surface area is 185 Å². The molecule has 0 atom stereocenters. The van der Waals surface area contributed by atoms with Crippen molar-refractivity contribution in [2.75, 3.05) is 31.6 Å². The molecule has 0 unspecified atom stereocenters. The first-order chi connectivity index (χ1) is 15.6. The molecule has 3 aromatic rings. The monoisotopic (exact) mass is 433 g/mol. The average Bonchev–Trinajstić information content (AvgIpc) is 2.83. The maximum atomic E-state index is 12.3. The molecule has 0 aliphatic heterocycles. The summed E-state index contributed by atoms with van der Waals surface area (Å²) in [5.41, 5.74) is 5.20. The van der Waals surface area contributed by atoms with E-state index in [9.17, 15) is 9.59 Å². The predicted octanol–water partition coefficient (Wildman–Crippen LogP) is 3.95. The van der Waals surface area contributed by atoms with E-state index in [1.165, 1.54) is 14.2 Å². The first-order valence-electron chi connectivity index (χ1n) is 9.73. The number of rotatable bonds is 9. The minimum absolute atomic E-state index is 0.258. The van der Waals surface area contributed by atoms with Gasteiger partial charge in [0.25, 0.3) is 5.91 Å². The summed E-state index contributed by atoms with van der Waals surface area (Å²) in [7, 11) is 2.79. The molecule has 0 aliphatic carbocycles. The van der Waals surface area contributed by atoms with E-state index in [4.69, 9.17) is 14.2 Å². The summed E-state index contributed by atoms with van der Waals surface area (Å²) in [6.45, 7) is -0.269. The SMILES string of the molecule is COC(=O)c1ccccc1NC(=O)COc1ccc(C=NNc2ccccc2)cc1OC. The lowest BCUT2D eigenvalue weighted by molar-refractivity contribution is -0.118. The minimum atomic E-state index is -0.539. The van der Waals surface area contributed by atoms with Crippen LogP contribution in [0.25, 0.3) is 0 Å². The number of hydrogen-bond acceptors (Lipinski definition) is 7. The van der Waals surface area contributed by atoms with Gasteiger partial charge in [0, 0.05) is 0 Å². The molecule has 2 N–H and O–H groups in total. The third-order valence-electron chi connectivity index (χ3n) is 4.33. The van der Waals surface area contributed by atoms with Crippen LogP contribution in [0.1, 0.15) is 15.9 Å². The smallest absolute Gasteiger partial charge is 0.339 e. The molecule has 0 fully saturated rings. The number of carbonyl (C=O) groups is 2. The molecule has 0 saturated heterocycles. The van der Waals surface area contributed by atoms with Crippen LogP contribution >= 0.6 is 0 Å². The van der Waals surface area contributed by atoms with Crippen LogP contribution in [0.4, 0.5) is 11.4 Å². The number of ether oxygens (including phenoxy) is 3. The maximum absolute atomic E-state index is 12.3. The van der Waals surface area contributed by atoms with Gasteiger partial charge in [0.2, 0.25) is 0 Å². The van der Waals surface area contributed by atoms with Gasteiger partial charge in [-0.05, 0) is 48.0 Å². The number of methoxy groups -OCH3 is 2. The Morgan fingerprint density at radius 3 is 2.44 bits per heavy atom. The van der Waals surface area contributed by atoms with Gasteiger partial charge in [0.1, 0.15) is 0 Å². The molecule has 0 radical (unpaired) electrons. The highest BCUT2D eigenvalue weighted by Crippen LogP contribution is 2.27. The lowest BCUT2D eigenvalue weighted by Gasteiger charge is -2.12. The Kier molecular flexibility index (Phi) is 7.80. The zero-order chi connectivity index (χ0) is 22.8. The van der Waals surface area contributed by atoms with Crippen LogP contribution < -0.4 is 20.2 Å². The largest absolute Gasteiger partial charge is 0.493 e. The van der Waals surface area contributed by atoms with Crippen molar-refractivity contribution in [2.45, 2.75) is 0 Å². The summed E-state index contributed by atoms with van der Waals surface area (Å²) in [5, 5.41) is 6.85. The summed E-state index contributed by atoms with van der Waals surface area (Å²) in [5.74, 6) is -0.114. The molecule has 8 nitrogen and oxygen atoms in total. The number of nitrogens with zero attached hydrogens (tertiary/aromatic N) is 1. The Morgan fingerprint density at radius 2 is 1.69 bits per heavy atom. The van der Waals surface area contributed by atoms with Gasteiger partial charge in [0.05, 0.1) is 37.4 Å². The molecule has 3 rings (SSSR count). The Balaban J connectivity index is 1.60. The van der Waals surface area contributed by atoms with Gasteiger partial charge in [-0.1, -0.05) is 30.3 Å². The molecule has 3 aromatic carbocycles. The summed E-state index contributed by atoms with van der Waals surface area (Å²) in [6.07, 6.45) is 1.65. The molecule has 32 heavy (non-hydrogen) atoms. The lowest BCUT2D eigenvalue weighted by Crippen LogP contribution is -2.22. The van der Waals surface area contributed by atoms with Crippen LogP contribution in [0.15, 0.2) is 77.9 Å². The fourth-order valence-corrected chi connectivity index (χ4v) is 2.79. The number of para-hydroxylation sites is 2. The summed E-state index contributed by atoms with van der Waals surface area (Å²) >= 11 is 0. The Bertz CT molecular complexity index is 1100. The second-order valence-electron chi connectivity index (χ2n) is 6.52. The molecular weight excluding hydrogens is 410 g/mol. The molecule has 8 heteroatoms. The molecule has 0 heterocycles. The topological polar surface area (TPSA) is 98.2 Å². The van der Waals surface area contributed by atoms with Crippen LogP contribution in [0.5, 0.6) is 11.5 Å². The van der Waals surface area contributed by atoms with E-state index in [-0.39, 0.29) is 12.2 Å². The van der Waals surface area contributed by atoms with Crippen molar-refractivity contribution in [3.05, 3.63) is 83.9 Å². The molecule has 0 saturated carbocycles. The number of nitrogens with one attached hydrogen (secondary N) is 2. The van der Waals surface area contributed by atoms with Gasteiger partial charge in [-0.25, -0.2) is 4.79 Å². The van der Waals surface area contributed by atoms with E-state index >= 15 is 0 Å². The van der Waals surface area contributed by atoms with E-state index in [2.05, 4.69) is 15.8 Å². The van der Waals surface area contributed by atoms with Gasteiger partial charge in [-0.3, -0.25) is 10.2 Å². The fraction of sp³-hybridized carbons (Fsp3) is 0.125. The lowest BCUT2D eigenvalue weighted by atomic mass is 10.2. The maximum Gasteiger partial charge on any atom is 0.339 e. The van der Waals surface area contributed by atoms with Gasteiger partial charge < -0.3 is 19.5 Å². The second-order valence-corrected chi connectivity index (χ2v) is 6.52. The van der Waals surface area contributed by atoms with Gasteiger partial charge in [-0.2, -0.15) is 5.10 Å². The first-order valence-corrected chi connectivity index (χ1v) is 9.73. The number of carbonyl (C=O) groups excluding carboxylic acids is 2. The predicted molar refractivity (Wildman–Crippen MR) is 123 cm³/mol. The molecular formula is C24H23N3O5. The third-order valence-corrected chi connectivity index (χ3v) is 4.33. The van der Waals surface area contributed by atoms with Crippen molar-refractivity contribution in [1.29, 1.82) is 0 Å². The first kappa shape index (κ1) is 22.4. The number of anilines is 2. The Hall–Kier alpha value is -4.33. The van der Waals surface area contributed by atoms with E-state index in [1.54, 1.807) is 48.7 Å². The van der Waals surface area contributed by atoms with E-state index in [0.717, 1.165) is 11.3 Å². The zero-order valence-electron chi connectivity index (χ0n) is 17.7.